The normalized spacial score (nSPS) is 14.0. The largest absolute Gasteiger partial charge is 0.480 e. The van der Waals surface area contributed by atoms with Gasteiger partial charge in [0, 0.05) is 46.2 Å². The van der Waals surface area contributed by atoms with Gasteiger partial charge in [-0.15, -0.1) is 0 Å². The molecule has 5 rings (SSSR count). The predicted molar refractivity (Wildman–Crippen MR) is 185 cm³/mol. The molecule has 252 valence electrons. The molecule has 0 radical (unpaired) electrons. The first-order valence-electron chi connectivity index (χ1n) is 15.5. The zero-order valence-electron chi connectivity index (χ0n) is 26.2. The lowest BCUT2D eigenvalue weighted by atomic mass is 10.0. The van der Waals surface area contributed by atoms with Crippen LogP contribution in [-0.4, -0.2) is 68.6 Å². The summed E-state index contributed by atoms with van der Waals surface area (Å²) in [4.78, 5) is 40.7. The van der Waals surface area contributed by atoms with Gasteiger partial charge in [0.25, 0.3) is 21.8 Å². The van der Waals surface area contributed by atoms with E-state index >= 15 is 0 Å². The number of carbonyl (C=O) groups excluding carboxylic acids is 2. The van der Waals surface area contributed by atoms with E-state index in [9.17, 15) is 27.9 Å². The van der Waals surface area contributed by atoms with E-state index in [1.165, 1.54) is 24.3 Å². The Morgan fingerprint density at radius 2 is 1.60 bits per heavy atom. The second kappa shape index (κ2) is 15.4. The lowest BCUT2D eigenvalue weighted by Gasteiger charge is -2.31. The van der Waals surface area contributed by atoms with Crippen LogP contribution in [0.4, 0.5) is 5.69 Å². The molecule has 10 nitrogen and oxygen atoms in total. The van der Waals surface area contributed by atoms with Gasteiger partial charge in [0.1, 0.15) is 6.04 Å². The SMILES string of the molecule is CCCCC(C(=O)O)N(c1cccc2c(C(=O)NCc3cccc(C(=O)N4CCOCC4)c3)cccc12)S(=O)(=O)c1cc(Cl)cc(Cl)c1. The van der Waals surface area contributed by atoms with E-state index in [1.54, 1.807) is 53.4 Å². The van der Waals surface area contributed by atoms with Crippen molar-refractivity contribution in [3.05, 3.63) is 106 Å². The maximum absolute atomic E-state index is 14.3. The number of nitrogens with zero attached hydrogens (tertiary/aromatic N) is 2. The molecule has 4 aromatic carbocycles. The Morgan fingerprint density at radius 3 is 2.29 bits per heavy atom. The van der Waals surface area contributed by atoms with Crippen molar-refractivity contribution < 1.29 is 32.6 Å². The maximum atomic E-state index is 14.3. The van der Waals surface area contributed by atoms with Crippen molar-refractivity contribution in [2.45, 2.75) is 43.7 Å². The van der Waals surface area contributed by atoms with Gasteiger partial charge < -0.3 is 20.1 Å². The number of carboxylic acids is 1. The van der Waals surface area contributed by atoms with E-state index < -0.39 is 27.9 Å². The Kier molecular flexibility index (Phi) is 11.3. The van der Waals surface area contributed by atoms with Gasteiger partial charge in [-0.3, -0.25) is 13.9 Å². The smallest absolute Gasteiger partial charge is 0.327 e. The van der Waals surface area contributed by atoms with Crippen LogP contribution in [0.15, 0.2) is 83.8 Å². The van der Waals surface area contributed by atoms with Crippen molar-refractivity contribution in [3.63, 3.8) is 0 Å². The second-order valence-electron chi connectivity index (χ2n) is 11.4. The first-order chi connectivity index (χ1) is 23.0. The Balaban J connectivity index is 1.50. The third kappa shape index (κ3) is 7.76. The molecular formula is C35H35Cl2N3O7S. The predicted octanol–water partition coefficient (Wildman–Crippen LogP) is 6.39. The van der Waals surface area contributed by atoms with E-state index in [1.807, 2.05) is 13.0 Å². The third-order valence-electron chi connectivity index (χ3n) is 8.10. The zero-order valence-corrected chi connectivity index (χ0v) is 28.5. The summed E-state index contributed by atoms with van der Waals surface area (Å²) in [5, 5.41) is 14.2. The standard InChI is InChI=1S/C35H35Cl2N3O7S/c1-2-3-12-32(35(43)44)40(48(45,46)27-20-25(36)19-26(37)21-27)31-13-6-9-28-29(31)10-5-11-30(28)33(41)38-22-23-7-4-8-24(18-23)34(42)39-14-16-47-17-15-39/h4-11,13,18-21,32H,2-3,12,14-17,22H2,1H3,(H,38,41)(H,43,44). The van der Waals surface area contributed by atoms with E-state index in [-0.39, 0.29) is 45.1 Å². The minimum atomic E-state index is -4.52. The number of fused-ring (bicyclic) bond motifs is 1. The van der Waals surface area contributed by atoms with Crippen molar-refractivity contribution in [2.24, 2.45) is 0 Å². The molecule has 0 saturated carbocycles. The average Bonchev–Trinajstić information content (AvgIpc) is 3.08. The highest BCUT2D eigenvalue weighted by atomic mass is 35.5. The number of halogens is 2. The van der Waals surface area contributed by atoms with Crippen molar-refractivity contribution in [2.75, 3.05) is 30.6 Å². The van der Waals surface area contributed by atoms with Gasteiger partial charge in [0.15, 0.2) is 0 Å². The number of morpholine rings is 1. The van der Waals surface area contributed by atoms with E-state index in [2.05, 4.69) is 5.32 Å². The number of unbranched alkanes of at least 4 members (excludes halogenated alkanes) is 1. The summed E-state index contributed by atoms with van der Waals surface area (Å²) >= 11 is 12.3. The highest BCUT2D eigenvalue weighted by molar-refractivity contribution is 7.93. The summed E-state index contributed by atoms with van der Waals surface area (Å²) in [5.74, 6) is -1.86. The molecule has 0 aromatic heterocycles. The quantitative estimate of drug-likeness (QED) is 0.174. The lowest BCUT2D eigenvalue weighted by Crippen LogP contribution is -2.45. The number of carbonyl (C=O) groups is 3. The summed E-state index contributed by atoms with van der Waals surface area (Å²) < 4.78 is 34.8. The van der Waals surface area contributed by atoms with Gasteiger partial charge in [-0.05, 0) is 59.8 Å². The fourth-order valence-corrected chi connectivity index (χ4v) is 8.10. The molecular weight excluding hydrogens is 677 g/mol. The Bertz CT molecular complexity index is 1930. The highest BCUT2D eigenvalue weighted by Gasteiger charge is 2.37. The summed E-state index contributed by atoms with van der Waals surface area (Å²) in [5.41, 5.74) is 1.59. The van der Waals surface area contributed by atoms with Gasteiger partial charge in [0.05, 0.1) is 23.8 Å². The van der Waals surface area contributed by atoms with Crippen LogP contribution in [0.3, 0.4) is 0 Å². The molecule has 48 heavy (non-hydrogen) atoms. The molecule has 13 heteroatoms. The first-order valence-corrected chi connectivity index (χ1v) is 17.7. The van der Waals surface area contributed by atoms with Crippen molar-refractivity contribution >= 4 is 67.5 Å². The summed E-state index contributed by atoms with van der Waals surface area (Å²) in [6, 6.07) is 19.1. The molecule has 1 saturated heterocycles. The molecule has 1 heterocycles. The number of carboxylic acid groups (broad SMARTS) is 1. The molecule has 4 aromatic rings. The van der Waals surface area contributed by atoms with Crippen LogP contribution in [0.1, 0.15) is 52.5 Å². The number of amides is 2. The van der Waals surface area contributed by atoms with Crippen molar-refractivity contribution in [1.29, 1.82) is 0 Å². The number of sulfonamides is 1. The number of anilines is 1. The van der Waals surface area contributed by atoms with E-state index in [0.717, 1.165) is 9.87 Å². The molecule has 1 unspecified atom stereocenters. The highest BCUT2D eigenvalue weighted by Crippen LogP contribution is 2.36. The van der Waals surface area contributed by atoms with E-state index in [4.69, 9.17) is 27.9 Å². The molecule has 0 bridgehead atoms. The molecule has 1 fully saturated rings. The van der Waals surface area contributed by atoms with Crippen LogP contribution in [0.25, 0.3) is 10.8 Å². The number of ether oxygens (including phenoxy) is 1. The Morgan fingerprint density at radius 1 is 0.938 bits per heavy atom. The molecule has 1 atom stereocenters. The Hall–Kier alpha value is -4.16. The summed E-state index contributed by atoms with van der Waals surface area (Å²) in [6.07, 6.45) is 1.14. The number of rotatable bonds is 12. The van der Waals surface area contributed by atoms with Gasteiger partial charge >= 0.3 is 5.97 Å². The van der Waals surface area contributed by atoms with Gasteiger partial charge in [0.2, 0.25) is 0 Å². The van der Waals surface area contributed by atoms with Gasteiger partial charge in [-0.2, -0.15) is 0 Å². The fourth-order valence-electron chi connectivity index (χ4n) is 5.72. The van der Waals surface area contributed by atoms with Crippen molar-refractivity contribution in [3.8, 4) is 0 Å². The average molecular weight is 713 g/mol. The molecule has 1 aliphatic heterocycles. The number of benzene rings is 4. The van der Waals surface area contributed by atoms with Crippen LogP contribution < -0.4 is 9.62 Å². The lowest BCUT2D eigenvalue weighted by molar-refractivity contribution is -0.138. The monoisotopic (exact) mass is 711 g/mol. The topological polar surface area (TPSA) is 133 Å². The molecule has 2 N–H and O–H groups in total. The van der Waals surface area contributed by atoms with Gasteiger partial charge in [-0.25, -0.2) is 13.2 Å². The molecule has 1 aliphatic rings. The van der Waals surface area contributed by atoms with Gasteiger partial charge in [-0.1, -0.05) is 79.4 Å². The number of hydrogen-bond acceptors (Lipinski definition) is 6. The molecule has 2 amide bonds. The minimum Gasteiger partial charge on any atom is -0.480 e. The molecule has 0 spiro atoms. The first kappa shape index (κ1) is 35.2. The number of nitrogens with one attached hydrogen (secondary N) is 1. The number of hydrogen-bond donors (Lipinski definition) is 2. The number of aliphatic carboxylic acids is 1. The fraction of sp³-hybridized carbons (Fsp3) is 0.286. The van der Waals surface area contributed by atoms with Crippen molar-refractivity contribution in [1.82, 2.24) is 10.2 Å². The van der Waals surface area contributed by atoms with Crippen LogP contribution in [0.2, 0.25) is 10.0 Å². The van der Waals surface area contributed by atoms with Crippen LogP contribution in [-0.2, 0) is 26.1 Å². The van der Waals surface area contributed by atoms with Crippen LogP contribution in [0, 0.1) is 0 Å². The summed E-state index contributed by atoms with van der Waals surface area (Å²) in [7, 11) is -4.52. The van der Waals surface area contributed by atoms with E-state index in [0.29, 0.717) is 55.5 Å². The second-order valence-corrected chi connectivity index (χ2v) is 14.1. The zero-order chi connectivity index (χ0) is 34.4. The maximum Gasteiger partial charge on any atom is 0.327 e. The summed E-state index contributed by atoms with van der Waals surface area (Å²) in [6.45, 7) is 4.02. The third-order valence-corrected chi connectivity index (χ3v) is 10.3. The van der Waals surface area contributed by atoms with Crippen LogP contribution >= 0.6 is 23.2 Å². The van der Waals surface area contributed by atoms with Crippen LogP contribution in [0.5, 0.6) is 0 Å². The minimum absolute atomic E-state index is 0.0447. The Labute approximate surface area is 289 Å². The molecule has 0 aliphatic carbocycles.